The van der Waals surface area contributed by atoms with Gasteiger partial charge in [-0.3, -0.25) is 9.59 Å². The molecule has 0 spiro atoms. The number of fused-ring (bicyclic) bond motifs is 1. The predicted molar refractivity (Wildman–Crippen MR) is 81.7 cm³/mol. The van der Waals surface area contributed by atoms with Gasteiger partial charge in [-0.2, -0.15) is 0 Å². The number of carbonyl (C=O) groups is 2. The zero-order chi connectivity index (χ0) is 15.2. The Morgan fingerprint density at radius 3 is 2.90 bits per heavy atom. The van der Waals surface area contributed by atoms with Crippen LogP contribution in [-0.2, 0) is 11.2 Å². The van der Waals surface area contributed by atoms with E-state index in [1.54, 1.807) is 30.4 Å². The van der Waals surface area contributed by atoms with Crippen LogP contribution in [-0.4, -0.2) is 16.8 Å². The fourth-order valence-corrected chi connectivity index (χ4v) is 1.83. The van der Waals surface area contributed by atoms with E-state index < -0.39 is 0 Å². The number of nitrogens with one attached hydrogen (secondary N) is 2. The molecule has 2 rings (SSSR count). The van der Waals surface area contributed by atoms with Gasteiger partial charge in [0.25, 0.3) is 5.91 Å². The van der Waals surface area contributed by atoms with Crippen LogP contribution in [0.5, 0.6) is 0 Å². The summed E-state index contributed by atoms with van der Waals surface area (Å²) in [6.07, 6.45) is 10.0. The number of anilines is 1. The van der Waals surface area contributed by atoms with Crippen LogP contribution < -0.4 is 10.6 Å². The van der Waals surface area contributed by atoms with Gasteiger partial charge in [0.2, 0.25) is 5.91 Å². The number of hydrogen-bond acceptors (Lipinski definition) is 3. The molecule has 2 amide bonds. The number of nitrogens with zero attached hydrogens (tertiary/aromatic N) is 1. The molecule has 0 fully saturated rings. The highest BCUT2D eigenvalue weighted by molar-refractivity contribution is 6.00. The Hall–Kier alpha value is -2.95. The molecule has 0 saturated carbocycles. The van der Waals surface area contributed by atoms with Crippen LogP contribution >= 0.6 is 0 Å². The highest BCUT2D eigenvalue weighted by atomic mass is 16.2. The van der Waals surface area contributed by atoms with Crippen molar-refractivity contribution < 1.29 is 9.59 Å². The highest BCUT2D eigenvalue weighted by Gasteiger charge is 2.20. The zero-order valence-corrected chi connectivity index (χ0v) is 11.4. The number of pyridine rings is 1. The molecular weight excluding hydrogens is 266 g/mol. The number of carbonyl (C=O) groups excluding carboxylic acids is 2. The van der Waals surface area contributed by atoms with E-state index in [0.717, 1.165) is 5.56 Å². The van der Waals surface area contributed by atoms with E-state index in [9.17, 15) is 9.59 Å². The monoisotopic (exact) mass is 281 g/mol. The van der Waals surface area contributed by atoms with Crippen molar-refractivity contribution in [1.82, 2.24) is 10.3 Å². The van der Waals surface area contributed by atoms with Crippen molar-refractivity contribution in [2.45, 2.75) is 6.42 Å². The lowest BCUT2D eigenvalue weighted by atomic mass is 10.1. The normalized spacial score (nSPS) is 13.7. The average molecular weight is 281 g/mol. The van der Waals surface area contributed by atoms with Crippen LogP contribution in [0.1, 0.15) is 15.9 Å². The number of rotatable bonds is 5. The summed E-state index contributed by atoms with van der Waals surface area (Å²) < 4.78 is 0. The lowest BCUT2D eigenvalue weighted by Crippen LogP contribution is -2.22. The first-order valence-electron chi connectivity index (χ1n) is 6.36. The Morgan fingerprint density at radius 2 is 2.19 bits per heavy atom. The molecule has 0 radical (unpaired) electrons. The SMILES string of the molecule is C=C/C=C\C=C(/C=C)NC(=O)c1cnc2c(c1)CC(=O)N2. The summed E-state index contributed by atoms with van der Waals surface area (Å²) in [5.41, 5.74) is 1.68. The largest absolute Gasteiger partial charge is 0.322 e. The maximum absolute atomic E-state index is 12.1. The number of aromatic nitrogens is 1. The van der Waals surface area contributed by atoms with Crippen LogP contribution in [0, 0.1) is 0 Å². The van der Waals surface area contributed by atoms with E-state index >= 15 is 0 Å². The molecule has 0 aliphatic carbocycles. The molecule has 106 valence electrons. The molecule has 2 N–H and O–H groups in total. The highest BCUT2D eigenvalue weighted by Crippen LogP contribution is 2.20. The fourth-order valence-electron chi connectivity index (χ4n) is 1.83. The van der Waals surface area contributed by atoms with E-state index in [0.29, 0.717) is 17.1 Å². The van der Waals surface area contributed by atoms with Gasteiger partial charge in [0.15, 0.2) is 0 Å². The quantitative estimate of drug-likeness (QED) is 0.812. The summed E-state index contributed by atoms with van der Waals surface area (Å²) in [5.74, 6) is 0.101. The van der Waals surface area contributed by atoms with E-state index in [1.165, 1.54) is 12.3 Å². The maximum atomic E-state index is 12.1. The van der Waals surface area contributed by atoms with Crippen molar-refractivity contribution in [1.29, 1.82) is 0 Å². The van der Waals surface area contributed by atoms with E-state index in [1.807, 2.05) is 0 Å². The number of allylic oxidation sites excluding steroid dienone is 5. The van der Waals surface area contributed by atoms with Gasteiger partial charge in [0, 0.05) is 17.5 Å². The molecule has 2 heterocycles. The summed E-state index contributed by atoms with van der Waals surface area (Å²) in [7, 11) is 0. The molecule has 0 atom stereocenters. The maximum Gasteiger partial charge on any atom is 0.257 e. The molecule has 0 bridgehead atoms. The first-order chi connectivity index (χ1) is 10.1. The Bertz CT molecular complexity index is 672. The zero-order valence-electron chi connectivity index (χ0n) is 11.4. The fraction of sp³-hybridized carbons (Fsp3) is 0.0625. The van der Waals surface area contributed by atoms with Gasteiger partial charge in [0.1, 0.15) is 5.82 Å². The van der Waals surface area contributed by atoms with Crippen molar-refractivity contribution >= 4 is 17.6 Å². The number of amides is 2. The van der Waals surface area contributed by atoms with Crippen LogP contribution in [0.4, 0.5) is 5.82 Å². The van der Waals surface area contributed by atoms with Crippen molar-refractivity contribution in [3.05, 3.63) is 72.6 Å². The second-order valence-corrected chi connectivity index (χ2v) is 4.36. The third-order valence-electron chi connectivity index (χ3n) is 2.84. The van der Waals surface area contributed by atoms with Gasteiger partial charge < -0.3 is 10.6 Å². The van der Waals surface area contributed by atoms with Crippen molar-refractivity contribution in [3.63, 3.8) is 0 Å². The third kappa shape index (κ3) is 3.54. The Labute approximate surface area is 122 Å². The minimum Gasteiger partial charge on any atom is -0.322 e. The standard InChI is InChI=1S/C16H15N3O2/c1-3-5-6-7-13(4-2)18-16(21)12-8-11-9-14(20)19-15(11)17-10-12/h3-8,10H,1-2,9H2,(H,18,21)(H,17,19,20)/b6-5-,13-7+. The minimum atomic E-state index is -0.303. The van der Waals surface area contributed by atoms with Crippen LogP contribution in [0.3, 0.4) is 0 Å². The number of hydrogen-bond donors (Lipinski definition) is 2. The molecular formula is C16H15N3O2. The lowest BCUT2D eigenvalue weighted by molar-refractivity contribution is -0.115. The summed E-state index contributed by atoms with van der Waals surface area (Å²) in [5, 5.41) is 5.34. The first-order valence-corrected chi connectivity index (χ1v) is 6.36. The molecule has 21 heavy (non-hydrogen) atoms. The molecule has 5 nitrogen and oxygen atoms in total. The summed E-state index contributed by atoms with van der Waals surface area (Å²) >= 11 is 0. The molecule has 5 heteroatoms. The summed E-state index contributed by atoms with van der Waals surface area (Å²) in [6, 6.07) is 1.66. The Balaban J connectivity index is 2.13. The second-order valence-electron chi connectivity index (χ2n) is 4.36. The van der Waals surface area contributed by atoms with Crippen LogP contribution in [0.25, 0.3) is 0 Å². The topological polar surface area (TPSA) is 71.1 Å². The summed E-state index contributed by atoms with van der Waals surface area (Å²) in [4.78, 5) is 27.5. The second kappa shape index (κ2) is 6.47. The molecule has 1 aromatic rings. The van der Waals surface area contributed by atoms with Gasteiger partial charge in [-0.15, -0.1) is 0 Å². The smallest absolute Gasteiger partial charge is 0.257 e. The van der Waals surface area contributed by atoms with Crippen molar-refractivity contribution in [2.75, 3.05) is 5.32 Å². The van der Waals surface area contributed by atoms with Crippen LogP contribution in [0.15, 0.2) is 61.5 Å². The predicted octanol–water partition coefficient (Wildman–Crippen LogP) is 2.12. The molecule has 1 aliphatic heterocycles. The average Bonchev–Trinajstić information content (AvgIpc) is 2.85. The molecule has 0 unspecified atom stereocenters. The Kier molecular flexibility index (Phi) is 4.46. The van der Waals surface area contributed by atoms with Gasteiger partial charge in [-0.1, -0.05) is 31.4 Å². The first kappa shape index (κ1) is 14.5. The van der Waals surface area contributed by atoms with Gasteiger partial charge in [-0.25, -0.2) is 4.98 Å². The molecule has 0 saturated heterocycles. The van der Waals surface area contributed by atoms with Crippen molar-refractivity contribution in [2.24, 2.45) is 0 Å². The van der Waals surface area contributed by atoms with Crippen LogP contribution in [0.2, 0.25) is 0 Å². The third-order valence-corrected chi connectivity index (χ3v) is 2.84. The van der Waals surface area contributed by atoms with E-state index in [2.05, 4.69) is 28.8 Å². The lowest BCUT2D eigenvalue weighted by Gasteiger charge is -2.06. The van der Waals surface area contributed by atoms with Gasteiger partial charge in [-0.05, 0) is 18.2 Å². The van der Waals surface area contributed by atoms with E-state index in [4.69, 9.17) is 0 Å². The van der Waals surface area contributed by atoms with Gasteiger partial charge in [0.05, 0.1) is 12.0 Å². The van der Waals surface area contributed by atoms with Gasteiger partial charge >= 0.3 is 0 Å². The van der Waals surface area contributed by atoms with Crippen molar-refractivity contribution in [3.8, 4) is 0 Å². The molecule has 1 aromatic heterocycles. The summed E-state index contributed by atoms with van der Waals surface area (Å²) in [6.45, 7) is 7.20. The molecule has 0 aromatic carbocycles. The van der Waals surface area contributed by atoms with E-state index in [-0.39, 0.29) is 18.2 Å². The Morgan fingerprint density at radius 1 is 1.38 bits per heavy atom. The minimum absolute atomic E-state index is 0.115. The molecule has 1 aliphatic rings.